The molecule has 6 nitrogen and oxygen atoms in total. The van der Waals surface area contributed by atoms with Crippen molar-refractivity contribution >= 4 is 23.2 Å². The highest BCUT2D eigenvalue weighted by molar-refractivity contribution is 6.34. The molecule has 1 aliphatic carbocycles. The molecule has 0 bridgehead atoms. The first kappa shape index (κ1) is 14.7. The van der Waals surface area contributed by atoms with Gasteiger partial charge in [0.15, 0.2) is 0 Å². The van der Waals surface area contributed by atoms with Crippen molar-refractivity contribution in [2.24, 2.45) is 0 Å². The molecule has 0 aliphatic heterocycles. The second kappa shape index (κ2) is 5.76. The average molecular weight is 299 g/mol. The summed E-state index contributed by atoms with van der Waals surface area (Å²) in [5.74, 6) is -0.440. The number of nitrogens with zero attached hydrogens (tertiary/aromatic N) is 1. The number of hydrogen-bond acceptors (Lipinski definition) is 4. The molecule has 0 aromatic heterocycles. The Morgan fingerprint density at radius 1 is 1.45 bits per heavy atom. The number of nitrogens with one attached hydrogen (secondary N) is 1. The van der Waals surface area contributed by atoms with E-state index in [1.807, 2.05) is 0 Å². The van der Waals surface area contributed by atoms with E-state index in [-0.39, 0.29) is 22.8 Å². The molecule has 2 N–H and O–H groups in total. The normalized spacial score (nSPS) is 16.9. The van der Waals surface area contributed by atoms with Crippen LogP contribution < -0.4 is 5.32 Å². The molecule has 0 atom stereocenters. The number of halogens is 1. The molecule has 0 spiro atoms. The third-order valence-corrected chi connectivity index (χ3v) is 3.83. The van der Waals surface area contributed by atoms with Gasteiger partial charge in [0.05, 0.1) is 21.1 Å². The standard InChI is InChI=1S/C13H15ClN2O4/c14-11-7-9(16(19)20)3-4-10(11)12(17)15-8-13(18)5-1-2-6-13/h3-4,7,18H,1-2,5-6,8H2,(H,15,17). The molecule has 1 amide bonds. The first-order chi connectivity index (χ1) is 9.41. The minimum Gasteiger partial charge on any atom is -0.388 e. The predicted molar refractivity (Wildman–Crippen MR) is 73.9 cm³/mol. The van der Waals surface area contributed by atoms with Gasteiger partial charge in [0.2, 0.25) is 0 Å². The lowest BCUT2D eigenvalue weighted by Crippen LogP contribution is -2.40. The molecule has 0 saturated heterocycles. The SMILES string of the molecule is O=C(NCC1(O)CCCC1)c1ccc([N+](=O)[O-])cc1Cl. The molecule has 0 heterocycles. The molecule has 0 unspecified atom stereocenters. The molecule has 7 heteroatoms. The fourth-order valence-electron chi connectivity index (χ4n) is 2.35. The molecule has 1 saturated carbocycles. The summed E-state index contributed by atoms with van der Waals surface area (Å²) in [7, 11) is 0. The van der Waals surface area contributed by atoms with Crippen LogP contribution in [0.3, 0.4) is 0 Å². The van der Waals surface area contributed by atoms with Gasteiger partial charge < -0.3 is 10.4 Å². The van der Waals surface area contributed by atoms with Crippen LogP contribution in [0.1, 0.15) is 36.0 Å². The summed E-state index contributed by atoms with van der Waals surface area (Å²) >= 11 is 5.87. The minimum absolute atomic E-state index is 0.0233. The highest BCUT2D eigenvalue weighted by Gasteiger charge is 2.31. The number of nitro groups is 1. The van der Waals surface area contributed by atoms with Gasteiger partial charge in [-0.1, -0.05) is 24.4 Å². The predicted octanol–water partition coefficient (Wildman–Crippen LogP) is 2.28. The molecule has 108 valence electrons. The van der Waals surface area contributed by atoms with Gasteiger partial charge >= 0.3 is 0 Å². The van der Waals surface area contributed by atoms with Crippen molar-refractivity contribution in [3.63, 3.8) is 0 Å². The molecule has 20 heavy (non-hydrogen) atoms. The lowest BCUT2D eigenvalue weighted by Gasteiger charge is -2.22. The van der Waals surface area contributed by atoms with Crippen LogP contribution in [0.4, 0.5) is 5.69 Å². The fourth-order valence-corrected chi connectivity index (χ4v) is 2.61. The largest absolute Gasteiger partial charge is 0.388 e. The lowest BCUT2D eigenvalue weighted by molar-refractivity contribution is -0.384. The second-order valence-corrected chi connectivity index (χ2v) is 5.44. The Hall–Kier alpha value is -1.66. The van der Waals surface area contributed by atoms with Gasteiger partial charge in [-0.05, 0) is 18.9 Å². The first-order valence-corrected chi connectivity index (χ1v) is 6.74. The minimum atomic E-state index is -0.844. The van der Waals surface area contributed by atoms with Crippen LogP contribution in [0, 0.1) is 10.1 Å². The van der Waals surface area contributed by atoms with Crippen LogP contribution in [0.25, 0.3) is 0 Å². The van der Waals surface area contributed by atoms with Crippen molar-refractivity contribution in [1.29, 1.82) is 0 Å². The number of benzene rings is 1. The zero-order valence-corrected chi connectivity index (χ0v) is 11.5. The van der Waals surface area contributed by atoms with E-state index in [4.69, 9.17) is 11.6 Å². The number of nitro benzene ring substituents is 1. The number of carbonyl (C=O) groups excluding carboxylic acids is 1. The Labute approximate surface area is 120 Å². The quantitative estimate of drug-likeness (QED) is 0.659. The van der Waals surface area contributed by atoms with Crippen LogP contribution in [0.2, 0.25) is 5.02 Å². The van der Waals surface area contributed by atoms with Crippen molar-refractivity contribution in [2.45, 2.75) is 31.3 Å². The Balaban J connectivity index is 2.04. The van der Waals surface area contributed by atoms with E-state index < -0.39 is 16.4 Å². The Kier molecular flexibility index (Phi) is 4.25. The third kappa shape index (κ3) is 3.26. The summed E-state index contributed by atoms with van der Waals surface area (Å²) in [6.45, 7) is 0.166. The van der Waals surface area contributed by atoms with E-state index in [9.17, 15) is 20.0 Å². The molecule has 0 radical (unpaired) electrons. The van der Waals surface area contributed by atoms with Gasteiger partial charge in [-0.15, -0.1) is 0 Å². The van der Waals surface area contributed by atoms with Crippen LogP contribution in [0.15, 0.2) is 18.2 Å². The fraction of sp³-hybridized carbons (Fsp3) is 0.462. The maximum absolute atomic E-state index is 12.0. The maximum Gasteiger partial charge on any atom is 0.270 e. The number of carbonyl (C=O) groups is 1. The average Bonchev–Trinajstić information content (AvgIpc) is 2.83. The summed E-state index contributed by atoms with van der Waals surface area (Å²) in [6, 6.07) is 3.68. The van der Waals surface area contributed by atoms with Crippen LogP contribution in [0.5, 0.6) is 0 Å². The second-order valence-electron chi connectivity index (χ2n) is 5.04. The summed E-state index contributed by atoms with van der Waals surface area (Å²) in [4.78, 5) is 22.0. The number of rotatable bonds is 4. The van der Waals surface area contributed by atoms with Gasteiger partial charge in [0, 0.05) is 18.7 Å². The smallest absolute Gasteiger partial charge is 0.270 e. The lowest BCUT2D eigenvalue weighted by atomic mass is 10.0. The highest BCUT2D eigenvalue weighted by Crippen LogP contribution is 2.29. The van der Waals surface area contributed by atoms with Gasteiger partial charge in [-0.3, -0.25) is 14.9 Å². The Morgan fingerprint density at radius 2 is 2.10 bits per heavy atom. The Morgan fingerprint density at radius 3 is 2.65 bits per heavy atom. The van der Waals surface area contributed by atoms with E-state index in [2.05, 4.69) is 5.32 Å². The van der Waals surface area contributed by atoms with Crippen LogP contribution in [-0.2, 0) is 0 Å². The van der Waals surface area contributed by atoms with Crippen LogP contribution in [-0.4, -0.2) is 28.1 Å². The van der Waals surface area contributed by atoms with Gasteiger partial charge in [-0.25, -0.2) is 0 Å². The Bertz CT molecular complexity index is 541. The molecule has 1 aromatic rings. The van der Waals surface area contributed by atoms with Crippen molar-refractivity contribution in [1.82, 2.24) is 5.32 Å². The summed E-state index contributed by atoms with van der Waals surface area (Å²) in [5, 5.41) is 23.4. The first-order valence-electron chi connectivity index (χ1n) is 6.36. The van der Waals surface area contributed by atoms with Crippen molar-refractivity contribution in [3.8, 4) is 0 Å². The van der Waals surface area contributed by atoms with E-state index in [0.717, 1.165) is 18.9 Å². The van der Waals surface area contributed by atoms with Crippen molar-refractivity contribution in [3.05, 3.63) is 38.9 Å². The molecular formula is C13H15ClN2O4. The number of hydrogen-bond donors (Lipinski definition) is 2. The summed E-state index contributed by atoms with van der Waals surface area (Å²) in [5.41, 5.74) is -0.844. The monoisotopic (exact) mass is 298 g/mol. The highest BCUT2D eigenvalue weighted by atomic mass is 35.5. The van der Waals surface area contributed by atoms with E-state index >= 15 is 0 Å². The zero-order chi connectivity index (χ0) is 14.8. The summed E-state index contributed by atoms with van der Waals surface area (Å²) < 4.78 is 0. The number of non-ortho nitro benzene ring substituents is 1. The zero-order valence-electron chi connectivity index (χ0n) is 10.8. The van der Waals surface area contributed by atoms with E-state index in [1.54, 1.807) is 0 Å². The van der Waals surface area contributed by atoms with Gasteiger partial charge in [0.1, 0.15) is 0 Å². The number of aliphatic hydroxyl groups is 1. The van der Waals surface area contributed by atoms with Crippen molar-refractivity contribution < 1.29 is 14.8 Å². The third-order valence-electron chi connectivity index (χ3n) is 3.52. The van der Waals surface area contributed by atoms with Crippen molar-refractivity contribution in [2.75, 3.05) is 6.54 Å². The number of amides is 1. The molecule has 2 rings (SSSR count). The van der Waals surface area contributed by atoms with Gasteiger partial charge in [0.25, 0.3) is 11.6 Å². The topological polar surface area (TPSA) is 92.5 Å². The molecule has 1 fully saturated rings. The van der Waals surface area contributed by atoms with Gasteiger partial charge in [-0.2, -0.15) is 0 Å². The van der Waals surface area contributed by atoms with E-state index in [1.165, 1.54) is 12.1 Å². The van der Waals surface area contributed by atoms with E-state index in [0.29, 0.717) is 12.8 Å². The van der Waals surface area contributed by atoms with Crippen LogP contribution >= 0.6 is 11.6 Å². The molecule has 1 aromatic carbocycles. The maximum atomic E-state index is 12.0. The molecular weight excluding hydrogens is 284 g/mol. The molecule has 1 aliphatic rings. The summed E-state index contributed by atoms with van der Waals surface area (Å²) in [6.07, 6.45) is 3.23.